The minimum Gasteiger partial charge on any atom is -0.198 e. The van der Waals surface area contributed by atoms with Crippen LogP contribution in [0.25, 0.3) is 0 Å². The number of hydrogen-bond acceptors (Lipinski definition) is 1. The monoisotopic (exact) mass is 82.1 g/mol. The summed E-state index contributed by atoms with van der Waals surface area (Å²) in [5.41, 5.74) is 0. The van der Waals surface area contributed by atoms with Crippen LogP contribution in [-0.4, -0.2) is 0 Å². The van der Waals surface area contributed by atoms with E-state index in [0.717, 1.165) is 19.3 Å². The maximum absolute atomic E-state index is 8.21. The maximum Gasteiger partial charge on any atom is 0.0655 e. The predicted molar refractivity (Wildman–Crippen MR) is 23.0 cm³/mol. The number of rotatable bonds is 0. The second-order valence-electron chi connectivity index (χ2n) is 1.57. The highest BCUT2D eigenvalue weighted by Crippen LogP contribution is 2.24. The van der Waals surface area contributed by atoms with Crippen LogP contribution in [0, 0.1) is 17.2 Å². The molecule has 0 radical (unpaired) electrons. The van der Waals surface area contributed by atoms with Gasteiger partial charge in [-0.3, -0.25) is 0 Å². The average molecular weight is 82.1 g/mol. The summed E-state index contributed by atoms with van der Waals surface area (Å²) in [4.78, 5) is 0. The summed E-state index contributed by atoms with van der Waals surface area (Å²) in [6.07, 6.45) is 2.63. The Morgan fingerprint density at radius 1 is 1.83 bits per heavy atom. The fourth-order valence-electron chi connectivity index (χ4n) is 0.465. The van der Waals surface area contributed by atoms with E-state index in [2.05, 4.69) is 0 Å². The largest absolute Gasteiger partial charge is 0.198 e. The second kappa shape index (κ2) is 1.30. The molecule has 0 aromatic rings. The van der Waals surface area contributed by atoms with Crippen molar-refractivity contribution >= 4 is 0 Å². The summed E-state index contributed by atoms with van der Waals surface area (Å²) in [6.45, 7) is 0. The molecule has 0 amide bonds. The smallest absolute Gasteiger partial charge is 0.0655 e. The first-order chi connectivity index (χ1) is 3.27. The van der Waals surface area contributed by atoms with Gasteiger partial charge >= 0.3 is 0 Å². The van der Waals surface area contributed by atoms with Gasteiger partial charge in [-0.2, -0.15) is 5.26 Å². The van der Waals surface area contributed by atoms with E-state index in [9.17, 15) is 0 Å². The standard InChI is InChI=1S/C5H7N/c6-4-5-2-1-3-5/h5H,1-3H2/i5D. The number of nitrogens with zero attached hydrogens (tertiary/aromatic N) is 1. The van der Waals surface area contributed by atoms with E-state index in [1.807, 2.05) is 6.07 Å². The van der Waals surface area contributed by atoms with Crippen LogP contribution in [0.3, 0.4) is 0 Å². The first-order valence-corrected chi connectivity index (χ1v) is 2.18. The van der Waals surface area contributed by atoms with Crippen molar-refractivity contribution in [2.24, 2.45) is 5.89 Å². The van der Waals surface area contributed by atoms with Gasteiger partial charge in [-0.25, -0.2) is 0 Å². The second-order valence-corrected chi connectivity index (χ2v) is 1.57. The lowest BCUT2D eigenvalue weighted by molar-refractivity contribution is 0.397. The summed E-state index contributed by atoms with van der Waals surface area (Å²) < 4.78 is 7.15. The van der Waals surface area contributed by atoms with Crippen molar-refractivity contribution in [1.29, 1.82) is 5.26 Å². The van der Waals surface area contributed by atoms with E-state index < -0.39 is 5.89 Å². The molecule has 0 saturated heterocycles. The zero-order valence-corrected chi connectivity index (χ0v) is 3.57. The third-order valence-corrected chi connectivity index (χ3v) is 1.12. The lowest BCUT2D eigenvalue weighted by Gasteiger charge is -2.15. The molecule has 1 rings (SSSR count). The topological polar surface area (TPSA) is 23.8 Å². The van der Waals surface area contributed by atoms with Gasteiger partial charge in [0, 0.05) is 7.26 Å². The molecule has 0 aromatic carbocycles. The Balaban J connectivity index is 2.48. The van der Waals surface area contributed by atoms with Crippen LogP contribution in [0.2, 0.25) is 0 Å². The Bertz CT molecular complexity index is 110. The van der Waals surface area contributed by atoms with Gasteiger partial charge in [0.2, 0.25) is 0 Å². The fourth-order valence-corrected chi connectivity index (χ4v) is 0.465. The van der Waals surface area contributed by atoms with E-state index in [4.69, 9.17) is 6.63 Å². The summed E-state index contributed by atoms with van der Waals surface area (Å²) >= 11 is 0. The van der Waals surface area contributed by atoms with Gasteiger partial charge in [-0.15, -0.1) is 0 Å². The summed E-state index contributed by atoms with van der Waals surface area (Å²) in [5.74, 6) is -0.681. The van der Waals surface area contributed by atoms with E-state index >= 15 is 0 Å². The first-order valence-electron chi connectivity index (χ1n) is 2.68. The highest BCUT2D eigenvalue weighted by molar-refractivity contribution is 4.88. The van der Waals surface area contributed by atoms with Gasteiger partial charge in [0.15, 0.2) is 0 Å². The van der Waals surface area contributed by atoms with Crippen molar-refractivity contribution in [3.63, 3.8) is 0 Å². The molecule has 1 saturated carbocycles. The van der Waals surface area contributed by atoms with Crippen molar-refractivity contribution in [3.8, 4) is 6.07 Å². The molecule has 1 heteroatoms. The molecule has 0 bridgehead atoms. The fraction of sp³-hybridized carbons (Fsp3) is 0.800. The molecule has 1 aliphatic rings. The molecule has 0 aromatic heterocycles. The highest BCUT2D eigenvalue weighted by atomic mass is 14.3. The molecule has 0 spiro atoms. The average Bonchev–Trinajstić information content (AvgIpc) is 1.61. The van der Waals surface area contributed by atoms with Crippen LogP contribution in [0.1, 0.15) is 20.6 Å². The quantitative estimate of drug-likeness (QED) is 0.432. The maximum atomic E-state index is 8.21. The Morgan fingerprint density at radius 2 is 2.50 bits per heavy atom. The Morgan fingerprint density at radius 3 is 2.50 bits per heavy atom. The molecule has 0 N–H and O–H groups in total. The van der Waals surface area contributed by atoms with Crippen molar-refractivity contribution in [3.05, 3.63) is 0 Å². The van der Waals surface area contributed by atoms with Crippen molar-refractivity contribution in [2.75, 3.05) is 0 Å². The van der Waals surface area contributed by atoms with Crippen LogP contribution in [0.15, 0.2) is 0 Å². The van der Waals surface area contributed by atoms with Crippen molar-refractivity contribution in [2.45, 2.75) is 19.3 Å². The highest BCUT2D eigenvalue weighted by Gasteiger charge is 2.14. The van der Waals surface area contributed by atoms with E-state index in [0.29, 0.717) is 0 Å². The van der Waals surface area contributed by atoms with Gasteiger partial charge in [0.1, 0.15) is 0 Å². The molecule has 1 fully saturated rings. The summed E-state index contributed by atoms with van der Waals surface area (Å²) in [7, 11) is 0. The molecular weight excluding hydrogens is 74.1 g/mol. The van der Waals surface area contributed by atoms with Gasteiger partial charge < -0.3 is 0 Å². The molecule has 0 unspecified atom stereocenters. The Hall–Kier alpha value is -0.510. The third kappa shape index (κ3) is 0.386. The molecule has 0 heterocycles. The molecule has 0 aliphatic heterocycles. The predicted octanol–water partition coefficient (Wildman–Crippen LogP) is 1.31. The van der Waals surface area contributed by atoms with Crippen molar-refractivity contribution in [1.82, 2.24) is 0 Å². The summed E-state index contributed by atoms with van der Waals surface area (Å²) in [5, 5.41) is 8.21. The molecule has 32 valence electrons. The zero-order valence-electron chi connectivity index (χ0n) is 4.57. The lowest BCUT2D eigenvalue weighted by atomic mass is 9.87. The van der Waals surface area contributed by atoms with Crippen molar-refractivity contribution < 1.29 is 1.37 Å². The minimum atomic E-state index is -0.681. The van der Waals surface area contributed by atoms with Crippen LogP contribution in [0.4, 0.5) is 0 Å². The van der Waals surface area contributed by atoms with Crippen LogP contribution < -0.4 is 0 Å². The van der Waals surface area contributed by atoms with E-state index in [-0.39, 0.29) is 0 Å². The molecule has 1 nitrogen and oxygen atoms in total. The Labute approximate surface area is 39.0 Å². The van der Waals surface area contributed by atoms with Crippen LogP contribution in [-0.2, 0) is 0 Å². The van der Waals surface area contributed by atoms with E-state index in [1.165, 1.54) is 0 Å². The molecule has 1 aliphatic carbocycles. The minimum absolute atomic E-state index is 0.681. The molecule has 0 atom stereocenters. The summed E-state index contributed by atoms with van der Waals surface area (Å²) in [6, 6.07) is 1.94. The van der Waals surface area contributed by atoms with Gasteiger partial charge in [0.05, 0.1) is 6.07 Å². The third-order valence-electron chi connectivity index (χ3n) is 1.12. The van der Waals surface area contributed by atoms with E-state index in [1.54, 1.807) is 0 Å². The lowest BCUT2D eigenvalue weighted by Crippen LogP contribution is -2.06. The number of nitriles is 1. The van der Waals surface area contributed by atoms with Gasteiger partial charge in [0.25, 0.3) is 0 Å². The number of hydrogen-bond donors (Lipinski definition) is 0. The van der Waals surface area contributed by atoms with Gasteiger partial charge in [-0.05, 0) is 12.8 Å². The Kier molecular flexibility index (Phi) is 0.569. The SMILES string of the molecule is [2H]C1(C#N)CCC1. The molecule has 6 heavy (non-hydrogen) atoms. The van der Waals surface area contributed by atoms with Crippen LogP contribution in [0.5, 0.6) is 0 Å². The van der Waals surface area contributed by atoms with Crippen LogP contribution >= 0.6 is 0 Å². The normalized spacial score (nSPS) is 29.5. The van der Waals surface area contributed by atoms with Gasteiger partial charge in [-0.1, -0.05) is 6.42 Å². The molecular formula is C5H7N. The first kappa shape index (κ1) is 2.63. The zero-order chi connectivity index (χ0) is 5.33.